The summed E-state index contributed by atoms with van der Waals surface area (Å²) in [6.07, 6.45) is 7.83. The second-order valence-electron chi connectivity index (χ2n) is 7.62. The van der Waals surface area contributed by atoms with Crippen molar-refractivity contribution in [2.75, 3.05) is 0 Å². The van der Waals surface area contributed by atoms with Gasteiger partial charge in [-0.25, -0.2) is 0 Å². The predicted octanol–water partition coefficient (Wildman–Crippen LogP) is 3.86. The fourth-order valence-corrected chi connectivity index (χ4v) is 5.34. The van der Waals surface area contributed by atoms with Crippen molar-refractivity contribution >= 4 is 0 Å². The summed E-state index contributed by atoms with van der Waals surface area (Å²) >= 11 is 0. The Bertz CT molecular complexity index is 292. The van der Waals surface area contributed by atoms with Crippen LogP contribution in [0.1, 0.15) is 59.3 Å². The van der Waals surface area contributed by atoms with Gasteiger partial charge in [-0.15, -0.1) is 0 Å². The Morgan fingerprint density at radius 3 is 2.18 bits per heavy atom. The molecule has 0 radical (unpaired) electrons. The molecule has 3 saturated carbocycles. The summed E-state index contributed by atoms with van der Waals surface area (Å²) in [5.74, 6) is 4.19. The highest BCUT2D eigenvalue weighted by atomic mass is 16.3. The normalized spacial score (nSPS) is 52.9. The Hall–Kier alpha value is -0.0400. The van der Waals surface area contributed by atoms with Crippen LogP contribution in [-0.2, 0) is 0 Å². The Labute approximate surface area is 106 Å². The van der Waals surface area contributed by atoms with Crippen molar-refractivity contribution in [3.05, 3.63) is 0 Å². The molecule has 0 heterocycles. The number of aliphatic hydroxyl groups is 1. The van der Waals surface area contributed by atoms with Crippen LogP contribution in [0.15, 0.2) is 0 Å². The molecule has 3 rings (SSSR count). The monoisotopic (exact) mass is 236 g/mol. The molecular weight excluding hydrogens is 208 g/mol. The lowest BCUT2D eigenvalue weighted by Crippen LogP contribution is -2.40. The van der Waals surface area contributed by atoms with Crippen molar-refractivity contribution in [2.24, 2.45) is 35.0 Å². The minimum atomic E-state index is 0.0170. The molecule has 0 aromatic carbocycles. The van der Waals surface area contributed by atoms with Gasteiger partial charge in [0.25, 0.3) is 0 Å². The molecule has 0 spiro atoms. The van der Waals surface area contributed by atoms with Crippen LogP contribution < -0.4 is 0 Å². The molecular formula is C16H28O. The van der Waals surface area contributed by atoms with E-state index < -0.39 is 0 Å². The van der Waals surface area contributed by atoms with Gasteiger partial charge in [0.1, 0.15) is 0 Å². The molecule has 0 aromatic rings. The summed E-state index contributed by atoms with van der Waals surface area (Å²) in [4.78, 5) is 0. The van der Waals surface area contributed by atoms with Gasteiger partial charge in [0.15, 0.2) is 0 Å². The largest absolute Gasteiger partial charge is 0.393 e. The molecule has 3 aliphatic carbocycles. The van der Waals surface area contributed by atoms with Crippen LogP contribution in [-0.4, -0.2) is 11.2 Å². The van der Waals surface area contributed by atoms with Crippen molar-refractivity contribution in [3.8, 4) is 0 Å². The topological polar surface area (TPSA) is 20.2 Å². The van der Waals surface area contributed by atoms with Gasteiger partial charge in [-0.3, -0.25) is 0 Å². The molecule has 1 nitrogen and oxygen atoms in total. The zero-order chi connectivity index (χ0) is 12.2. The molecule has 2 bridgehead atoms. The third-order valence-electron chi connectivity index (χ3n) is 6.86. The van der Waals surface area contributed by atoms with Crippen LogP contribution in [0.5, 0.6) is 0 Å². The maximum atomic E-state index is 10.3. The fourth-order valence-electron chi connectivity index (χ4n) is 5.34. The van der Waals surface area contributed by atoms with E-state index in [4.69, 9.17) is 0 Å². The lowest BCUT2D eigenvalue weighted by molar-refractivity contribution is -0.0113. The standard InChI is InChI=1S/C16H28O/c1-10-13-8-11(16(10,2)3)9-14(13)12-6-4-5-7-15(12)17/h10-15,17H,4-9H2,1-3H3/t10-,11+,12+,13+,14+,15+/m1/s1. The van der Waals surface area contributed by atoms with E-state index in [1.54, 1.807) is 0 Å². The SMILES string of the molecule is C[C@@H]1[C@@H]2C[C@@H](C[C@H]2[C@@H]2CCCC[C@@H]2O)C1(C)C. The molecule has 0 saturated heterocycles. The highest BCUT2D eigenvalue weighted by Crippen LogP contribution is 2.63. The van der Waals surface area contributed by atoms with E-state index in [0.717, 1.165) is 30.1 Å². The van der Waals surface area contributed by atoms with Crippen molar-refractivity contribution < 1.29 is 5.11 Å². The summed E-state index contributed by atoms with van der Waals surface area (Å²) < 4.78 is 0. The van der Waals surface area contributed by atoms with Gasteiger partial charge < -0.3 is 5.11 Å². The first-order chi connectivity index (χ1) is 8.01. The predicted molar refractivity (Wildman–Crippen MR) is 70.6 cm³/mol. The molecule has 1 heteroatoms. The van der Waals surface area contributed by atoms with Gasteiger partial charge in [-0.1, -0.05) is 33.6 Å². The zero-order valence-electron chi connectivity index (χ0n) is 11.7. The van der Waals surface area contributed by atoms with E-state index >= 15 is 0 Å². The Kier molecular flexibility index (Phi) is 2.81. The van der Waals surface area contributed by atoms with E-state index in [9.17, 15) is 5.11 Å². The Morgan fingerprint density at radius 2 is 1.59 bits per heavy atom. The van der Waals surface area contributed by atoms with Crippen molar-refractivity contribution in [1.82, 2.24) is 0 Å². The molecule has 0 unspecified atom stereocenters. The number of fused-ring (bicyclic) bond motifs is 2. The summed E-state index contributed by atoms with van der Waals surface area (Å²) in [7, 11) is 0. The fraction of sp³-hybridized carbons (Fsp3) is 1.00. The summed E-state index contributed by atoms with van der Waals surface area (Å²) in [6.45, 7) is 7.40. The zero-order valence-corrected chi connectivity index (χ0v) is 11.7. The Morgan fingerprint density at radius 1 is 0.941 bits per heavy atom. The van der Waals surface area contributed by atoms with Crippen LogP contribution in [0.25, 0.3) is 0 Å². The third kappa shape index (κ3) is 1.69. The average molecular weight is 236 g/mol. The van der Waals surface area contributed by atoms with Gasteiger partial charge in [0, 0.05) is 0 Å². The second kappa shape index (κ2) is 3.98. The molecule has 17 heavy (non-hydrogen) atoms. The third-order valence-corrected chi connectivity index (χ3v) is 6.86. The number of aliphatic hydroxyl groups excluding tert-OH is 1. The lowest BCUT2D eigenvalue weighted by atomic mass is 9.61. The van der Waals surface area contributed by atoms with Gasteiger partial charge in [-0.2, -0.15) is 0 Å². The molecule has 98 valence electrons. The Balaban J connectivity index is 1.76. The highest BCUT2D eigenvalue weighted by molar-refractivity contribution is 5.05. The average Bonchev–Trinajstić information content (AvgIpc) is 2.80. The van der Waals surface area contributed by atoms with Crippen LogP contribution >= 0.6 is 0 Å². The van der Waals surface area contributed by atoms with Gasteiger partial charge >= 0.3 is 0 Å². The lowest BCUT2D eigenvalue weighted by Gasteiger charge is -2.44. The maximum absolute atomic E-state index is 10.3. The quantitative estimate of drug-likeness (QED) is 0.733. The molecule has 6 atom stereocenters. The maximum Gasteiger partial charge on any atom is 0.0571 e. The molecule has 1 N–H and O–H groups in total. The van der Waals surface area contributed by atoms with E-state index in [2.05, 4.69) is 20.8 Å². The van der Waals surface area contributed by atoms with Crippen molar-refractivity contribution in [3.63, 3.8) is 0 Å². The van der Waals surface area contributed by atoms with Gasteiger partial charge in [0.05, 0.1) is 6.10 Å². The van der Waals surface area contributed by atoms with Crippen LogP contribution in [0.2, 0.25) is 0 Å². The minimum absolute atomic E-state index is 0.0170. The van der Waals surface area contributed by atoms with Crippen LogP contribution in [0.4, 0.5) is 0 Å². The summed E-state index contributed by atoms with van der Waals surface area (Å²) in [5.41, 5.74) is 0.556. The minimum Gasteiger partial charge on any atom is -0.393 e. The van der Waals surface area contributed by atoms with E-state index in [1.165, 1.54) is 32.1 Å². The van der Waals surface area contributed by atoms with Crippen LogP contribution in [0.3, 0.4) is 0 Å². The van der Waals surface area contributed by atoms with Gasteiger partial charge in [-0.05, 0) is 60.7 Å². The van der Waals surface area contributed by atoms with Crippen molar-refractivity contribution in [2.45, 2.75) is 65.4 Å². The first-order valence-electron chi connectivity index (χ1n) is 7.70. The summed E-state index contributed by atoms with van der Waals surface area (Å²) in [5, 5.41) is 10.3. The first kappa shape index (κ1) is 12.0. The summed E-state index contributed by atoms with van der Waals surface area (Å²) in [6, 6.07) is 0. The van der Waals surface area contributed by atoms with E-state index in [0.29, 0.717) is 11.3 Å². The number of hydrogen-bond acceptors (Lipinski definition) is 1. The van der Waals surface area contributed by atoms with E-state index in [1.807, 2.05) is 0 Å². The molecule has 0 aliphatic heterocycles. The molecule has 0 aromatic heterocycles. The molecule has 3 aliphatic rings. The smallest absolute Gasteiger partial charge is 0.0571 e. The van der Waals surface area contributed by atoms with Crippen LogP contribution in [0, 0.1) is 35.0 Å². The molecule has 0 amide bonds. The van der Waals surface area contributed by atoms with Gasteiger partial charge in [0.2, 0.25) is 0 Å². The second-order valence-corrected chi connectivity index (χ2v) is 7.62. The number of rotatable bonds is 1. The van der Waals surface area contributed by atoms with E-state index in [-0.39, 0.29) is 6.10 Å². The molecule has 3 fully saturated rings. The first-order valence-corrected chi connectivity index (χ1v) is 7.70. The number of hydrogen-bond donors (Lipinski definition) is 1. The highest BCUT2D eigenvalue weighted by Gasteiger charge is 2.56. The van der Waals surface area contributed by atoms with Crippen molar-refractivity contribution in [1.29, 1.82) is 0 Å².